The number of hydrogen-bond donors (Lipinski definition) is 2. The number of aliphatic hydroxyl groups excluding tert-OH is 1. The number of halogens is 3. The summed E-state index contributed by atoms with van der Waals surface area (Å²) < 4.78 is 43.0. The van der Waals surface area contributed by atoms with Gasteiger partial charge in [0, 0.05) is 6.04 Å². The molecule has 1 aromatic heterocycles. The molecule has 0 saturated heterocycles. The molecule has 1 heterocycles. The molecule has 0 saturated carbocycles. The van der Waals surface area contributed by atoms with Crippen LogP contribution in [-0.4, -0.2) is 11.1 Å². The minimum Gasteiger partial charge on any atom is -0.449 e. The lowest BCUT2D eigenvalue weighted by Crippen LogP contribution is -2.34. The van der Waals surface area contributed by atoms with Gasteiger partial charge in [-0.2, -0.15) is 18.4 Å². The van der Waals surface area contributed by atoms with E-state index >= 15 is 0 Å². The summed E-state index contributed by atoms with van der Waals surface area (Å²) >= 11 is 0. The lowest BCUT2D eigenvalue weighted by atomic mass is 9.99. The van der Waals surface area contributed by atoms with E-state index in [1.54, 1.807) is 12.1 Å². The van der Waals surface area contributed by atoms with Crippen LogP contribution in [0.2, 0.25) is 0 Å². The van der Waals surface area contributed by atoms with E-state index in [1.165, 1.54) is 12.1 Å². The molecule has 0 radical (unpaired) electrons. The molecule has 2 atom stereocenters. The predicted molar refractivity (Wildman–Crippen MR) is 80.7 cm³/mol. The molecule has 7 heteroatoms. The van der Waals surface area contributed by atoms with Crippen LogP contribution in [0, 0.1) is 11.3 Å². The Morgan fingerprint density at radius 1 is 1.21 bits per heavy atom. The van der Waals surface area contributed by atoms with Crippen LogP contribution in [0.25, 0.3) is 0 Å². The molecule has 0 aliphatic carbocycles. The minimum absolute atomic E-state index is 0.197. The van der Waals surface area contributed by atoms with E-state index in [4.69, 9.17) is 9.68 Å². The van der Waals surface area contributed by atoms with E-state index in [0.29, 0.717) is 24.3 Å². The quantitative estimate of drug-likeness (QED) is 0.841. The Kier molecular flexibility index (Phi) is 5.65. The Bertz CT molecular complexity index is 702. The molecule has 2 unspecified atom stereocenters. The standard InChI is InChI=1S/C17H17F3N2O2/c1-2-15(22-10-14-8-7-13(9-21)24-14)16(23)11-3-5-12(6-4-11)17(18,19)20/h3-8,15-16,22-23H,2,10H2,1H3. The van der Waals surface area contributed by atoms with Gasteiger partial charge in [-0.15, -0.1) is 0 Å². The molecule has 4 nitrogen and oxygen atoms in total. The molecule has 2 N–H and O–H groups in total. The van der Waals surface area contributed by atoms with E-state index in [-0.39, 0.29) is 11.8 Å². The summed E-state index contributed by atoms with van der Waals surface area (Å²) in [5.41, 5.74) is -0.349. The second-order valence-corrected chi connectivity index (χ2v) is 5.34. The lowest BCUT2D eigenvalue weighted by Gasteiger charge is -2.23. The molecule has 0 aliphatic heterocycles. The first-order valence-corrected chi connectivity index (χ1v) is 7.42. The molecule has 0 amide bonds. The Morgan fingerprint density at radius 3 is 2.38 bits per heavy atom. The zero-order chi connectivity index (χ0) is 17.7. The maximum atomic E-state index is 12.6. The van der Waals surface area contributed by atoms with Crippen LogP contribution in [0.4, 0.5) is 13.2 Å². The summed E-state index contributed by atoms with van der Waals surface area (Å²) in [5.74, 6) is 0.743. The first kappa shape index (κ1) is 18.0. The van der Waals surface area contributed by atoms with Gasteiger partial charge < -0.3 is 14.8 Å². The van der Waals surface area contributed by atoms with Gasteiger partial charge in [0.2, 0.25) is 5.76 Å². The zero-order valence-electron chi connectivity index (χ0n) is 13.0. The molecule has 2 rings (SSSR count). The van der Waals surface area contributed by atoms with E-state index < -0.39 is 17.8 Å². The number of aliphatic hydroxyl groups is 1. The van der Waals surface area contributed by atoms with Gasteiger partial charge in [0.1, 0.15) is 11.8 Å². The van der Waals surface area contributed by atoms with Crippen molar-refractivity contribution in [3.63, 3.8) is 0 Å². The van der Waals surface area contributed by atoms with E-state index in [1.807, 2.05) is 13.0 Å². The third-order valence-corrected chi connectivity index (χ3v) is 3.71. The number of rotatable bonds is 6. The van der Waals surface area contributed by atoms with Crippen LogP contribution in [0.15, 0.2) is 40.8 Å². The highest BCUT2D eigenvalue weighted by molar-refractivity contribution is 5.27. The lowest BCUT2D eigenvalue weighted by molar-refractivity contribution is -0.137. The second-order valence-electron chi connectivity index (χ2n) is 5.34. The Morgan fingerprint density at radius 2 is 1.88 bits per heavy atom. The Hall–Kier alpha value is -2.30. The fraction of sp³-hybridized carbons (Fsp3) is 0.353. The maximum Gasteiger partial charge on any atom is 0.416 e. The summed E-state index contributed by atoms with van der Waals surface area (Å²) in [5, 5.41) is 22.2. The Balaban J connectivity index is 2.02. The zero-order valence-corrected chi connectivity index (χ0v) is 13.0. The van der Waals surface area contributed by atoms with Crippen molar-refractivity contribution in [1.82, 2.24) is 5.32 Å². The fourth-order valence-electron chi connectivity index (χ4n) is 2.35. The number of furan rings is 1. The molecular formula is C17H17F3N2O2. The van der Waals surface area contributed by atoms with Crippen molar-refractivity contribution in [1.29, 1.82) is 5.26 Å². The minimum atomic E-state index is -4.40. The average molecular weight is 338 g/mol. The van der Waals surface area contributed by atoms with Crippen LogP contribution in [0.1, 0.15) is 42.1 Å². The highest BCUT2D eigenvalue weighted by atomic mass is 19.4. The summed E-state index contributed by atoms with van der Waals surface area (Å²) in [6.45, 7) is 2.16. The number of nitrogens with zero attached hydrogens (tertiary/aromatic N) is 1. The normalized spacial score (nSPS) is 14.2. The highest BCUT2D eigenvalue weighted by Crippen LogP contribution is 2.30. The van der Waals surface area contributed by atoms with Crippen LogP contribution >= 0.6 is 0 Å². The SMILES string of the molecule is CCC(NCc1ccc(C#N)o1)C(O)c1ccc(C(F)(F)F)cc1. The van der Waals surface area contributed by atoms with Crippen molar-refractivity contribution < 1.29 is 22.7 Å². The van der Waals surface area contributed by atoms with Crippen LogP contribution in [0.5, 0.6) is 0 Å². The molecular weight excluding hydrogens is 321 g/mol. The van der Waals surface area contributed by atoms with Gasteiger partial charge in [0.05, 0.1) is 18.2 Å². The van der Waals surface area contributed by atoms with E-state index in [0.717, 1.165) is 12.1 Å². The molecule has 1 aromatic carbocycles. The number of hydrogen-bond acceptors (Lipinski definition) is 4. The Labute approximate surface area is 137 Å². The van der Waals surface area contributed by atoms with Crippen molar-refractivity contribution in [3.8, 4) is 6.07 Å². The molecule has 0 aliphatic rings. The first-order valence-electron chi connectivity index (χ1n) is 7.42. The molecule has 0 spiro atoms. The molecule has 24 heavy (non-hydrogen) atoms. The summed E-state index contributed by atoms with van der Waals surface area (Å²) in [6.07, 6.45) is -4.79. The smallest absolute Gasteiger partial charge is 0.416 e. The monoisotopic (exact) mass is 338 g/mol. The van der Waals surface area contributed by atoms with Crippen molar-refractivity contribution in [3.05, 3.63) is 59.0 Å². The first-order chi connectivity index (χ1) is 11.3. The van der Waals surface area contributed by atoms with Gasteiger partial charge >= 0.3 is 6.18 Å². The summed E-state index contributed by atoms with van der Waals surface area (Å²) in [6, 6.07) is 9.18. The van der Waals surface area contributed by atoms with Gasteiger partial charge in [0.25, 0.3) is 0 Å². The van der Waals surface area contributed by atoms with E-state index in [9.17, 15) is 18.3 Å². The average Bonchev–Trinajstić information content (AvgIpc) is 3.02. The maximum absolute atomic E-state index is 12.6. The van der Waals surface area contributed by atoms with Gasteiger partial charge in [-0.3, -0.25) is 0 Å². The van der Waals surface area contributed by atoms with Gasteiger partial charge in [-0.25, -0.2) is 0 Å². The third-order valence-electron chi connectivity index (χ3n) is 3.71. The van der Waals surface area contributed by atoms with Gasteiger partial charge in [0.15, 0.2) is 0 Å². The van der Waals surface area contributed by atoms with Crippen molar-refractivity contribution in [2.45, 2.75) is 38.2 Å². The number of benzene rings is 1. The molecule has 128 valence electrons. The molecule has 0 fully saturated rings. The topological polar surface area (TPSA) is 69.2 Å². The van der Waals surface area contributed by atoms with Crippen molar-refractivity contribution >= 4 is 0 Å². The fourth-order valence-corrected chi connectivity index (χ4v) is 2.35. The van der Waals surface area contributed by atoms with Crippen molar-refractivity contribution in [2.24, 2.45) is 0 Å². The summed E-state index contributed by atoms with van der Waals surface area (Å²) in [7, 11) is 0. The van der Waals surface area contributed by atoms with Crippen molar-refractivity contribution in [2.75, 3.05) is 0 Å². The third kappa shape index (κ3) is 4.37. The van der Waals surface area contributed by atoms with Gasteiger partial charge in [-0.1, -0.05) is 19.1 Å². The second kappa shape index (κ2) is 7.51. The summed E-state index contributed by atoms with van der Waals surface area (Å²) in [4.78, 5) is 0. The highest BCUT2D eigenvalue weighted by Gasteiger charge is 2.30. The van der Waals surface area contributed by atoms with Crippen LogP contribution in [-0.2, 0) is 12.7 Å². The largest absolute Gasteiger partial charge is 0.449 e. The number of nitrogens with one attached hydrogen (secondary N) is 1. The van der Waals surface area contributed by atoms with Crippen LogP contribution in [0.3, 0.4) is 0 Å². The number of nitriles is 1. The van der Waals surface area contributed by atoms with Gasteiger partial charge in [-0.05, 0) is 36.2 Å². The number of alkyl halides is 3. The van der Waals surface area contributed by atoms with Crippen LogP contribution < -0.4 is 5.32 Å². The molecule has 2 aromatic rings. The van der Waals surface area contributed by atoms with E-state index in [2.05, 4.69) is 5.32 Å². The predicted octanol–water partition coefficient (Wildman–Crippen LogP) is 3.77. The molecule has 0 bridgehead atoms.